The molecule has 0 fully saturated rings. The zero-order valence-corrected chi connectivity index (χ0v) is 18.6. The van der Waals surface area contributed by atoms with Gasteiger partial charge in [-0.2, -0.15) is 0 Å². The topological polar surface area (TPSA) is 102 Å². The van der Waals surface area contributed by atoms with E-state index >= 15 is 0 Å². The second-order valence-electron chi connectivity index (χ2n) is 8.89. The Balaban J connectivity index is 1.59. The molecule has 0 saturated heterocycles. The number of esters is 1. The fourth-order valence-electron chi connectivity index (χ4n) is 3.93. The van der Waals surface area contributed by atoms with E-state index in [-0.39, 0.29) is 31.8 Å². The van der Waals surface area contributed by atoms with E-state index < -0.39 is 29.7 Å². The third-order valence-corrected chi connectivity index (χ3v) is 5.20. The number of carbonyl (C=O) groups excluding carboxylic acids is 2. The zero-order valence-electron chi connectivity index (χ0n) is 18.6. The number of carboxylic acids is 1. The van der Waals surface area contributed by atoms with Crippen molar-refractivity contribution in [3.8, 4) is 11.1 Å². The molecule has 0 bridgehead atoms. The minimum atomic E-state index is -1.07. The Morgan fingerprint density at radius 1 is 1.00 bits per heavy atom. The SMILES string of the molecule is CC(C)(C)OC(=O)CCC(CC(=O)O)NC(=O)OCC1c2ccccc2-c2ccccc21. The summed E-state index contributed by atoms with van der Waals surface area (Å²) in [6, 6.07) is 15.3. The minimum absolute atomic E-state index is 0.00112. The number of alkyl carbamates (subject to hydrolysis) is 1. The monoisotopic (exact) mass is 439 g/mol. The van der Waals surface area contributed by atoms with Crippen LogP contribution < -0.4 is 5.32 Å². The maximum Gasteiger partial charge on any atom is 0.407 e. The van der Waals surface area contributed by atoms with E-state index in [4.69, 9.17) is 14.6 Å². The lowest BCUT2D eigenvalue weighted by Crippen LogP contribution is -2.38. The molecule has 3 rings (SSSR count). The minimum Gasteiger partial charge on any atom is -0.481 e. The third kappa shape index (κ3) is 6.09. The molecule has 0 aromatic heterocycles. The van der Waals surface area contributed by atoms with Gasteiger partial charge in [-0.3, -0.25) is 9.59 Å². The van der Waals surface area contributed by atoms with Gasteiger partial charge in [-0.25, -0.2) is 4.79 Å². The normalized spacial score (nSPS) is 13.6. The molecule has 1 unspecified atom stereocenters. The van der Waals surface area contributed by atoms with Crippen molar-refractivity contribution >= 4 is 18.0 Å². The van der Waals surface area contributed by atoms with Gasteiger partial charge in [0.15, 0.2) is 0 Å². The van der Waals surface area contributed by atoms with Gasteiger partial charge in [0.1, 0.15) is 12.2 Å². The third-order valence-electron chi connectivity index (χ3n) is 5.20. The van der Waals surface area contributed by atoms with Gasteiger partial charge in [-0.15, -0.1) is 0 Å². The molecule has 0 saturated carbocycles. The van der Waals surface area contributed by atoms with Crippen LogP contribution in [0, 0.1) is 0 Å². The summed E-state index contributed by atoms with van der Waals surface area (Å²) in [6.07, 6.45) is -0.876. The predicted molar refractivity (Wildman–Crippen MR) is 119 cm³/mol. The number of carbonyl (C=O) groups is 3. The van der Waals surface area contributed by atoms with Crippen LogP contribution in [0.15, 0.2) is 48.5 Å². The molecular weight excluding hydrogens is 410 g/mol. The van der Waals surface area contributed by atoms with Crippen LogP contribution in [0.25, 0.3) is 11.1 Å². The van der Waals surface area contributed by atoms with Gasteiger partial charge in [0, 0.05) is 18.4 Å². The number of rotatable bonds is 8. The summed E-state index contributed by atoms with van der Waals surface area (Å²) in [5, 5.41) is 11.7. The molecule has 170 valence electrons. The van der Waals surface area contributed by atoms with Gasteiger partial charge in [0.05, 0.1) is 6.42 Å². The first-order valence-electron chi connectivity index (χ1n) is 10.7. The molecular formula is C25H29NO6. The maximum atomic E-state index is 12.4. The number of aliphatic carboxylic acids is 1. The second kappa shape index (κ2) is 9.85. The number of nitrogens with one attached hydrogen (secondary N) is 1. The van der Waals surface area contributed by atoms with Crippen LogP contribution in [-0.2, 0) is 19.1 Å². The van der Waals surface area contributed by atoms with Crippen molar-refractivity contribution in [3.63, 3.8) is 0 Å². The van der Waals surface area contributed by atoms with Crippen molar-refractivity contribution in [2.75, 3.05) is 6.61 Å². The van der Waals surface area contributed by atoms with Crippen LogP contribution in [0.4, 0.5) is 4.79 Å². The van der Waals surface area contributed by atoms with Crippen molar-refractivity contribution in [2.24, 2.45) is 0 Å². The number of hydrogen-bond donors (Lipinski definition) is 2. The smallest absolute Gasteiger partial charge is 0.407 e. The van der Waals surface area contributed by atoms with E-state index in [2.05, 4.69) is 5.32 Å². The lowest BCUT2D eigenvalue weighted by molar-refractivity contribution is -0.155. The summed E-state index contributed by atoms with van der Waals surface area (Å²) < 4.78 is 10.7. The van der Waals surface area contributed by atoms with Gasteiger partial charge in [-0.1, -0.05) is 48.5 Å². The summed E-state index contributed by atoms with van der Waals surface area (Å²) in [4.78, 5) is 35.6. The molecule has 0 heterocycles. The highest BCUT2D eigenvalue weighted by molar-refractivity contribution is 5.79. The van der Waals surface area contributed by atoms with E-state index in [0.29, 0.717) is 0 Å². The number of ether oxygens (including phenoxy) is 2. The first kappa shape index (κ1) is 23.3. The number of amides is 1. The predicted octanol–water partition coefficient (Wildman–Crippen LogP) is 4.49. The van der Waals surface area contributed by atoms with Crippen LogP contribution in [0.1, 0.15) is 57.1 Å². The lowest BCUT2D eigenvalue weighted by atomic mass is 9.98. The van der Waals surface area contributed by atoms with Crippen molar-refractivity contribution in [1.82, 2.24) is 5.32 Å². The lowest BCUT2D eigenvalue weighted by Gasteiger charge is -2.21. The number of fused-ring (bicyclic) bond motifs is 3. The Morgan fingerprint density at radius 3 is 2.09 bits per heavy atom. The molecule has 1 aliphatic rings. The molecule has 1 aliphatic carbocycles. The largest absolute Gasteiger partial charge is 0.481 e. The Kier molecular flexibility index (Phi) is 7.18. The molecule has 7 heteroatoms. The second-order valence-corrected chi connectivity index (χ2v) is 8.89. The quantitative estimate of drug-likeness (QED) is 0.588. The molecule has 2 N–H and O–H groups in total. The molecule has 0 radical (unpaired) electrons. The highest BCUT2D eigenvalue weighted by atomic mass is 16.6. The summed E-state index contributed by atoms with van der Waals surface area (Å²) in [5.41, 5.74) is 3.80. The van der Waals surface area contributed by atoms with Crippen molar-refractivity contribution in [2.45, 2.75) is 57.6 Å². The summed E-state index contributed by atoms with van der Waals surface area (Å²) in [6.45, 7) is 5.41. The molecule has 2 aromatic rings. The van der Waals surface area contributed by atoms with Gasteiger partial charge in [-0.05, 0) is 49.4 Å². The maximum absolute atomic E-state index is 12.4. The van der Waals surface area contributed by atoms with Gasteiger partial charge in [0.2, 0.25) is 0 Å². The van der Waals surface area contributed by atoms with Crippen LogP contribution in [0.5, 0.6) is 0 Å². The van der Waals surface area contributed by atoms with Gasteiger partial charge >= 0.3 is 18.0 Å². The fourth-order valence-corrected chi connectivity index (χ4v) is 3.93. The Hall–Kier alpha value is -3.35. The number of hydrogen-bond acceptors (Lipinski definition) is 5. The average Bonchev–Trinajstić information content (AvgIpc) is 3.03. The first-order chi connectivity index (χ1) is 15.1. The van der Waals surface area contributed by atoms with Crippen LogP contribution in [-0.4, -0.2) is 41.4 Å². The molecule has 32 heavy (non-hydrogen) atoms. The molecule has 0 aliphatic heterocycles. The Bertz CT molecular complexity index is 948. The van der Waals surface area contributed by atoms with Gasteiger partial charge < -0.3 is 19.9 Å². The highest BCUT2D eigenvalue weighted by Crippen LogP contribution is 2.44. The number of carboxylic acid groups (broad SMARTS) is 1. The van der Waals surface area contributed by atoms with E-state index in [0.717, 1.165) is 22.3 Å². The zero-order chi connectivity index (χ0) is 23.3. The van der Waals surface area contributed by atoms with E-state index in [9.17, 15) is 14.4 Å². The van der Waals surface area contributed by atoms with Gasteiger partial charge in [0.25, 0.3) is 0 Å². The molecule has 1 amide bonds. The van der Waals surface area contributed by atoms with Crippen LogP contribution >= 0.6 is 0 Å². The van der Waals surface area contributed by atoms with Crippen LogP contribution in [0.2, 0.25) is 0 Å². The molecule has 1 atom stereocenters. The van der Waals surface area contributed by atoms with E-state index in [1.807, 2.05) is 48.5 Å². The molecule has 7 nitrogen and oxygen atoms in total. The summed E-state index contributed by atoms with van der Waals surface area (Å²) >= 11 is 0. The van der Waals surface area contributed by atoms with Crippen molar-refractivity contribution < 1.29 is 29.0 Å². The number of benzene rings is 2. The van der Waals surface area contributed by atoms with E-state index in [1.165, 1.54) is 0 Å². The molecule has 0 spiro atoms. The Labute approximate surface area is 187 Å². The van der Waals surface area contributed by atoms with Crippen molar-refractivity contribution in [3.05, 3.63) is 59.7 Å². The van der Waals surface area contributed by atoms with Crippen LogP contribution in [0.3, 0.4) is 0 Å². The average molecular weight is 440 g/mol. The Morgan fingerprint density at radius 2 is 1.56 bits per heavy atom. The summed E-state index contributed by atoms with van der Waals surface area (Å²) in [5.74, 6) is -1.60. The highest BCUT2D eigenvalue weighted by Gasteiger charge is 2.29. The van der Waals surface area contributed by atoms with Crippen molar-refractivity contribution in [1.29, 1.82) is 0 Å². The molecule has 2 aromatic carbocycles. The van der Waals surface area contributed by atoms with E-state index in [1.54, 1.807) is 20.8 Å². The fraction of sp³-hybridized carbons (Fsp3) is 0.400. The standard InChI is InChI=1S/C25H29NO6/c1-25(2,3)32-23(29)13-12-16(14-22(27)28)26-24(30)31-15-21-19-10-6-4-8-17(19)18-9-5-7-11-20(18)21/h4-11,16,21H,12-15H2,1-3H3,(H,26,30)(H,27,28). The first-order valence-corrected chi connectivity index (χ1v) is 10.7. The summed E-state index contributed by atoms with van der Waals surface area (Å²) in [7, 11) is 0.